The van der Waals surface area contributed by atoms with Gasteiger partial charge in [0.1, 0.15) is 0 Å². The van der Waals surface area contributed by atoms with Crippen LogP contribution in [0.25, 0.3) is 10.4 Å². The van der Waals surface area contributed by atoms with Crippen molar-refractivity contribution >= 4 is 6.09 Å². The van der Waals surface area contributed by atoms with E-state index in [1.54, 1.807) is 0 Å². The van der Waals surface area contributed by atoms with Crippen molar-refractivity contribution in [2.45, 2.75) is 18.9 Å². The van der Waals surface area contributed by atoms with E-state index >= 15 is 0 Å². The highest BCUT2D eigenvalue weighted by molar-refractivity contribution is 5.64. The van der Waals surface area contributed by atoms with Gasteiger partial charge < -0.3 is 10.4 Å². The van der Waals surface area contributed by atoms with Crippen molar-refractivity contribution in [2.75, 3.05) is 6.54 Å². The lowest BCUT2D eigenvalue weighted by molar-refractivity contribution is 0.184. The molecular weight excluding hydrogens is 160 g/mol. The van der Waals surface area contributed by atoms with Crippen LogP contribution in [0.1, 0.15) is 12.8 Å². The van der Waals surface area contributed by atoms with Crippen LogP contribution in [0.15, 0.2) is 5.11 Å². The van der Waals surface area contributed by atoms with E-state index in [2.05, 4.69) is 15.3 Å². The van der Waals surface area contributed by atoms with E-state index in [1.165, 1.54) is 0 Å². The first-order valence-electron chi connectivity index (χ1n) is 3.73. The fraction of sp³-hybridized carbons (Fsp3) is 0.833. The molecule has 0 aromatic carbocycles. The SMILES string of the molecule is [N-]=[N+]=NC1CC(CNC(=O)O)C1. The molecule has 6 nitrogen and oxygen atoms in total. The molecule has 1 saturated carbocycles. The van der Waals surface area contributed by atoms with Gasteiger partial charge in [-0.3, -0.25) is 0 Å². The fourth-order valence-electron chi connectivity index (χ4n) is 1.27. The minimum atomic E-state index is -0.998. The summed E-state index contributed by atoms with van der Waals surface area (Å²) in [6, 6.07) is 0.0793. The van der Waals surface area contributed by atoms with E-state index < -0.39 is 6.09 Å². The van der Waals surface area contributed by atoms with E-state index in [1.807, 2.05) is 0 Å². The van der Waals surface area contributed by atoms with Gasteiger partial charge in [-0.05, 0) is 24.3 Å². The lowest BCUT2D eigenvalue weighted by Crippen LogP contribution is -2.37. The highest BCUT2D eigenvalue weighted by Gasteiger charge is 2.27. The van der Waals surface area contributed by atoms with Crippen LogP contribution < -0.4 is 5.32 Å². The van der Waals surface area contributed by atoms with E-state index in [4.69, 9.17) is 10.6 Å². The zero-order valence-electron chi connectivity index (χ0n) is 6.47. The molecular formula is C6H10N4O2. The lowest BCUT2D eigenvalue weighted by atomic mass is 9.81. The normalized spacial score (nSPS) is 26.7. The monoisotopic (exact) mass is 170 g/mol. The van der Waals surface area contributed by atoms with Crippen molar-refractivity contribution in [1.29, 1.82) is 0 Å². The van der Waals surface area contributed by atoms with Gasteiger partial charge in [0.25, 0.3) is 0 Å². The van der Waals surface area contributed by atoms with Crippen LogP contribution in [0.4, 0.5) is 4.79 Å². The number of azide groups is 1. The third-order valence-electron chi connectivity index (χ3n) is 1.97. The molecule has 1 amide bonds. The molecule has 0 unspecified atom stereocenters. The highest BCUT2D eigenvalue weighted by Crippen LogP contribution is 2.29. The molecule has 2 N–H and O–H groups in total. The lowest BCUT2D eigenvalue weighted by Gasteiger charge is -2.31. The van der Waals surface area contributed by atoms with E-state index in [-0.39, 0.29) is 6.04 Å². The summed E-state index contributed by atoms with van der Waals surface area (Å²) in [4.78, 5) is 12.7. The topological polar surface area (TPSA) is 98.1 Å². The zero-order valence-corrected chi connectivity index (χ0v) is 6.47. The molecule has 0 aromatic heterocycles. The molecule has 0 aromatic rings. The number of amides is 1. The summed E-state index contributed by atoms with van der Waals surface area (Å²) in [7, 11) is 0. The third-order valence-corrected chi connectivity index (χ3v) is 1.97. The van der Waals surface area contributed by atoms with Crippen LogP contribution in [0, 0.1) is 5.92 Å². The van der Waals surface area contributed by atoms with Gasteiger partial charge in [0, 0.05) is 17.5 Å². The summed E-state index contributed by atoms with van der Waals surface area (Å²) >= 11 is 0. The predicted octanol–water partition coefficient (Wildman–Crippen LogP) is 1.34. The van der Waals surface area contributed by atoms with Crippen molar-refractivity contribution in [2.24, 2.45) is 11.0 Å². The summed E-state index contributed by atoms with van der Waals surface area (Å²) in [6.45, 7) is 0.465. The Morgan fingerprint density at radius 1 is 1.75 bits per heavy atom. The van der Waals surface area contributed by atoms with Gasteiger partial charge in [-0.2, -0.15) is 0 Å². The number of nitrogens with zero attached hydrogens (tertiary/aromatic N) is 3. The van der Waals surface area contributed by atoms with Crippen LogP contribution in [-0.4, -0.2) is 23.8 Å². The summed E-state index contributed by atoms with van der Waals surface area (Å²) in [6.07, 6.45) is 0.594. The van der Waals surface area contributed by atoms with Crippen molar-refractivity contribution < 1.29 is 9.90 Å². The summed E-state index contributed by atoms with van der Waals surface area (Å²) < 4.78 is 0. The largest absolute Gasteiger partial charge is 0.465 e. The van der Waals surface area contributed by atoms with E-state index in [0.29, 0.717) is 12.5 Å². The number of hydrogen-bond acceptors (Lipinski definition) is 2. The Kier molecular flexibility index (Phi) is 2.76. The second-order valence-electron chi connectivity index (χ2n) is 2.88. The van der Waals surface area contributed by atoms with Crippen LogP contribution in [0.2, 0.25) is 0 Å². The van der Waals surface area contributed by atoms with Gasteiger partial charge in [-0.15, -0.1) is 0 Å². The average Bonchev–Trinajstić information content (AvgIpc) is 1.93. The van der Waals surface area contributed by atoms with Crippen LogP contribution in [-0.2, 0) is 0 Å². The Morgan fingerprint density at radius 2 is 2.42 bits per heavy atom. The number of hydrogen-bond donors (Lipinski definition) is 2. The Balaban J connectivity index is 2.09. The molecule has 6 heteroatoms. The van der Waals surface area contributed by atoms with Crippen LogP contribution in [0.5, 0.6) is 0 Å². The maximum Gasteiger partial charge on any atom is 0.404 e. The first-order valence-corrected chi connectivity index (χ1v) is 3.73. The number of nitrogens with one attached hydrogen (secondary N) is 1. The predicted molar refractivity (Wildman–Crippen MR) is 41.7 cm³/mol. The van der Waals surface area contributed by atoms with Gasteiger partial charge in [0.15, 0.2) is 0 Å². The molecule has 0 spiro atoms. The second kappa shape index (κ2) is 3.82. The molecule has 0 saturated heterocycles. The molecule has 0 radical (unpaired) electrons. The Morgan fingerprint density at radius 3 is 2.92 bits per heavy atom. The smallest absolute Gasteiger partial charge is 0.404 e. The second-order valence-corrected chi connectivity index (χ2v) is 2.88. The van der Waals surface area contributed by atoms with Crippen LogP contribution in [0.3, 0.4) is 0 Å². The van der Waals surface area contributed by atoms with E-state index in [0.717, 1.165) is 12.8 Å². The Labute approximate surface area is 69.2 Å². The maximum atomic E-state index is 10.1. The minimum absolute atomic E-state index is 0.0793. The molecule has 0 heterocycles. The van der Waals surface area contributed by atoms with Crippen molar-refractivity contribution in [3.63, 3.8) is 0 Å². The quantitative estimate of drug-likeness (QED) is 0.379. The molecule has 1 rings (SSSR count). The number of rotatable bonds is 3. The van der Waals surface area contributed by atoms with E-state index in [9.17, 15) is 4.79 Å². The fourth-order valence-corrected chi connectivity index (χ4v) is 1.27. The number of carbonyl (C=O) groups is 1. The number of carboxylic acid groups (broad SMARTS) is 1. The highest BCUT2D eigenvalue weighted by atomic mass is 16.4. The molecule has 0 bridgehead atoms. The van der Waals surface area contributed by atoms with Gasteiger partial charge in [0.05, 0.1) is 0 Å². The Hall–Kier alpha value is -1.42. The van der Waals surface area contributed by atoms with Gasteiger partial charge >= 0.3 is 6.09 Å². The Bertz CT molecular complexity index is 215. The van der Waals surface area contributed by atoms with Crippen molar-refractivity contribution in [1.82, 2.24) is 5.32 Å². The van der Waals surface area contributed by atoms with Crippen molar-refractivity contribution in [3.05, 3.63) is 10.4 Å². The average molecular weight is 170 g/mol. The summed E-state index contributed by atoms with van der Waals surface area (Å²) in [5.74, 6) is 0.344. The standard InChI is InChI=1S/C6H10N4O2/c7-10-9-5-1-4(2-5)3-8-6(11)12/h4-5,8H,1-3H2,(H,11,12). The van der Waals surface area contributed by atoms with Gasteiger partial charge in [-0.25, -0.2) is 4.79 Å². The summed E-state index contributed by atoms with van der Waals surface area (Å²) in [5, 5.41) is 14.1. The molecule has 0 aliphatic heterocycles. The molecule has 0 atom stereocenters. The van der Waals surface area contributed by atoms with Crippen LogP contribution >= 0.6 is 0 Å². The van der Waals surface area contributed by atoms with Crippen molar-refractivity contribution in [3.8, 4) is 0 Å². The first kappa shape index (κ1) is 8.67. The third kappa shape index (κ3) is 2.32. The van der Waals surface area contributed by atoms with Gasteiger partial charge in [-0.1, -0.05) is 5.11 Å². The zero-order chi connectivity index (χ0) is 8.97. The maximum absolute atomic E-state index is 10.1. The molecule has 12 heavy (non-hydrogen) atoms. The molecule has 1 aliphatic carbocycles. The molecule has 1 fully saturated rings. The van der Waals surface area contributed by atoms with Gasteiger partial charge in [0.2, 0.25) is 0 Å². The molecule has 66 valence electrons. The minimum Gasteiger partial charge on any atom is -0.465 e. The summed E-state index contributed by atoms with van der Waals surface area (Å²) in [5.41, 5.74) is 8.05. The first-order chi connectivity index (χ1) is 5.72. The molecule has 1 aliphatic rings.